The second kappa shape index (κ2) is 8.71. The van der Waals surface area contributed by atoms with Crippen LogP contribution in [0.3, 0.4) is 0 Å². The number of likely N-dealkylation sites (tertiary alicyclic amines) is 1. The van der Waals surface area contributed by atoms with Gasteiger partial charge in [0.15, 0.2) is 0 Å². The average Bonchev–Trinajstić information content (AvgIpc) is 3.37. The van der Waals surface area contributed by atoms with Gasteiger partial charge in [-0.15, -0.1) is 0 Å². The monoisotopic (exact) mass is 403 g/mol. The number of hydrogen-bond donors (Lipinski definition) is 1. The van der Waals surface area contributed by atoms with E-state index < -0.39 is 0 Å². The Kier molecular flexibility index (Phi) is 5.86. The normalized spacial score (nSPS) is 14.7. The lowest BCUT2D eigenvalue weighted by Crippen LogP contribution is -2.25. The lowest BCUT2D eigenvalue weighted by Gasteiger charge is -2.16. The fourth-order valence-electron chi connectivity index (χ4n) is 4.05. The number of nitrogens with zero attached hydrogens (tertiary/aromatic N) is 4. The molecule has 1 fully saturated rings. The highest BCUT2D eigenvalue weighted by molar-refractivity contribution is 5.91. The molecule has 156 valence electrons. The maximum Gasteiger partial charge on any atom is 0.246 e. The second-order valence-corrected chi connectivity index (χ2v) is 8.08. The summed E-state index contributed by atoms with van der Waals surface area (Å²) in [6, 6.07) is 12.4. The van der Waals surface area contributed by atoms with E-state index in [1.165, 1.54) is 23.7 Å². The zero-order valence-corrected chi connectivity index (χ0v) is 17.7. The van der Waals surface area contributed by atoms with Crippen LogP contribution in [-0.2, 0) is 24.9 Å². The maximum atomic E-state index is 12.7. The van der Waals surface area contributed by atoms with E-state index in [-0.39, 0.29) is 5.91 Å². The van der Waals surface area contributed by atoms with Gasteiger partial charge >= 0.3 is 0 Å². The van der Waals surface area contributed by atoms with Crippen LogP contribution in [0.4, 0.5) is 5.82 Å². The van der Waals surface area contributed by atoms with Crippen LogP contribution in [0.15, 0.2) is 48.7 Å². The zero-order chi connectivity index (χ0) is 21.1. The van der Waals surface area contributed by atoms with E-state index in [9.17, 15) is 4.79 Å². The number of nitrogen functional groups attached to an aromatic ring is 1. The number of carbonyl (C=O) groups is 1. The number of nitrogens with two attached hydrogens (primary N) is 1. The van der Waals surface area contributed by atoms with E-state index in [1.807, 2.05) is 38.4 Å². The van der Waals surface area contributed by atoms with Crippen molar-refractivity contribution < 1.29 is 4.79 Å². The van der Waals surface area contributed by atoms with Crippen molar-refractivity contribution in [1.82, 2.24) is 19.4 Å². The molecule has 3 heterocycles. The first-order chi connectivity index (χ1) is 14.5. The third-order valence-electron chi connectivity index (χ3n) is 5.86. The largest absolute Gasteiger partial charge is 0.383 e. The Bertz CT molecular complexity index is 1080. The minimum atomic E-state index is -0.0434. The van der Waals surface area contributed by atoms with E-state index in [1.54, 1.807) is 17.2 Å². The first kappa shape index (κ1) is 20.2. The molecule has 6 heteroatoms. The number of aryl methyl sites for hydroxylation is 1. The van der Waals surface area contributed by atoms with Gasteiger partial charge in [0, 0.05) is 49.7 Å². The van der Waals surface area contributed by atoms with Crippen molar-refractivity contribution in [1.29, 1.82) is 0 Å². The summed E-state index contributed by atoms with van der Waals surface area (Å²) in [5.41, 5.74) is 10.2. The van der Waals surface area contributed by atoms with Crippen LogP contribution in [0, 0.1) is 0 Å². The van der Waals surface area contributed by atoms with Gasteiger partial charge < -0.3 is 15.2 Å². The first-order valence-electron chi connectivity index (χ1n) is 10.4. The highest BCUT2D eigenvalue weighted by Crippen LogP contribution is 2.20. The molecule has 0 spiro atoms. The van der Waals surface area contributed by atoms with Crippen molar-refractivity contribution in [3.63, 3.8) is 0 Å². The van der Waals surface area contributed by atoms with Gasteiger partial charge in [-0.05, 0) is 61.2 Å². The molecule has 0 unspecified atom stereocenters. The van der Waals surface area contributed by atoms with Crippen LogP contribution < -0.4 is 5.73 Å². The third kappa shape index (κ3) is 4.39. The van der Waals surface area contributed by atoms with E-state index in [0.29, 0.717) is 12.4 Å². The van der Waals surface area contributed by atoms with Crippen LogP contribution in [0.25, 0.3) is 17.0 Å². The Morgan fingerprint density at radius 3 is 2.77 bits per heavy atom. The van der Waals surface area contributed by atoms with E-state index in [4.69, 9.17) is 5.73 Å². The Balaban J connectivity index is 1.42. The molecule has 2 aromatic heterocycles. The first-order valence-corrected chi connectivity index (χ1v) is 10.4. The SMILES string of the molecule is CN(Cc1cc2ccccc2n1C)C(=O)/C=C/c1cnc(N)c(CN2CCCC2)c1. The Hall–Kier alpha value is -3.12. The zero-order valence-electron chi connectivity index (χ0n) is 17.7. The van der Waals surface area contributed by atoms with Crippen molar-refractivity contribution in [2.45, 2.75) is 25.9 Å². The standard InChI is InChI=1S/C24H29N5O/c1-27(17-21-14-19-7-3-4-8-22(19)28(21)2)23(30)10-9-18-13-20(24(25)26-15-18)16-29-11-5-6-12-29/h3-4,7-10,13-15H,5-6,11-12,16-17H2,1-2H3,(H2,25,26)/b10-9+. The molecule has 0 atom stereocenters. The number of para-hydroxylation sites is 1. The van der Waals surface area contributed by atoms with Crippen LogP contribution in [-0.4, -0.2) is 45.4 Å². The lowest BCUT2D eigenvalue weighted by atomic mass is 10.1. The number of anilines is 1. The van der Waals surface area contributed by atoms with E-state index in [2.05, 4.69) is 32.7 Å². The maximum absolute atomic E-state index is 12.7. The van der Waals surface area contributed by atoms with Crippen molar-refractivity contribution in [3.8, 4) is 0 Å². The molecule has 2 N–H and O–H groups in total. The summed E-state index contributed by atoms with van der Waals surface area (Å²) in [5, 5.41) is 1.19. The fraction of sp³-hybridized carbons (Fsp3) is 0.333. The van der Waals surface area contributed by atoms with Gasteiger partial charge in [-0.2, -0.15) is 0 Å². The number of amides is 1. The molecular weight excluding hydrogens is 374 g/mol. The van der Waals surface area contributed by atoms with Crippen LogP contribution in [0.5, 0.6) is 0 Å². The molecule has 0 saturated carbocycles. The molecule has 1 aliphatic rings. The second-order valence-electron chi connectivity index (χ2n) is 8.08. The summed E-state index contributed by atoms with van der Waals surface area (Å²) in [6.45, 7) is 3.58. The van der Waals surface area contributed by atoms with Crippen molar-refractivity contribution in [2.75, 3.05) is 25.9 Å². The van der Waals surface area contributed by atoms with E-state index >= 15 is 0 Å². The molecule has 0 radical (unpaired) electrons. The van der Waals surface area contributed by atoms with Crippen LogP contribution in [0.1, 0.15) is 29.7 Å². The fourth-order valence-corrected chi connectivity index (χ4v) is 4.05. The molecule has 4 rings (SSSR count). The number of fused-ring (bicyclic) bond motifs is 1. The third-order valence-corrected chi connectivity index (χ3v) is 5.86. The number of rotatable bonds is 6. The molecule has 1 saturated heterocycles. The summed E-state index contributed by atoms with van der Waals surface area (Å²) in [7, 11) is 3.86. The molecule has 0 bridgehead atoms. The summed E-state index contributed by atoms with van der Waals surface area (Å²) in [6.07, 6.45) is 7.63. The predicted octanol–water partition coefficient (Wildman–Crippen LogP) is 3.42. The molecule has 3 aromatic rings. The number of benzene rings is 1. The van der Waals surface area contributed by atoms with Gasteiger partial charge in [0.25, 0.3) is 0 Å². The molecule has 1 aliphatic heterocycles. The molecule has 1 aromatic carbocycles. The number of likely N-dealkylation sites (N-methyl/N-ethyl adjacent to an activating group) is 1. The number of pyridine rings is 1. The van der Waals surface area contributed by atoms with Gasteiger partial charge in [0.05, 0.1) is 6.54 Å². The van der Waals surface area contributed by atoms with Crippen molar-refractivity contribution in [2.24, 2.45) is 7.05 Å². The van der Waals surface area contributed by atoms with Crippen molar-refractivity contribution in [3.05, 3.63) is 65.5 Å². The summed E-state index contributed by atoms with van der Waals surface area (Å²) in [5.74, 6) is 0.524. The van der Waals surface area contributed by atoms with Gasteiger partial charge in [-0.3, -0.25) is 9.69 Å². The number of carbonyl (C=O) groups excluding carboxylic acids is 1. The predicted molar refractivity (Wildman–Crippen MR) is 122 cm³/mol. The molecule has 30 heavy (non-hydrogen) atoms. The summed E-state index contributed by atoms with van der Waals surface area (Å²) < 4.78 is 2.14. The quantitative estimate of drug-likeness (QED) is 0.641. The summed E-state index contributed by atoms with van der Waals surface area (Å²) in [4.78, 5) is 21.1. The smallest absolute Gasteiger partial charge is 0.246 e. The number of aromatic nitrogens is 2. The minimum Gasteiger partial charge on any atom is -0.383 e. The van der Waals surface area contributed by atoms with Crippen LogP contribution in [0.2, 0.25) is 0 Å². The molecule has 1 amide bonds. The van der Waals surface area contributed by atoms with Gasteiger partial charge in [-0.1, -0.05) is 18.2 Å². The van der Waals surface area contributed by atoms with Crippen molar-refractivity contribution >= 4 is 28.7 Å². The highest BCUT2D eigenvalue weighted by Gasteiger charge is 2.14. The number of hydrogen-bond acceptors (Lipinski definition) is 4. The van der Waals surface area contributed by atoms with E-state index in [0.717, 1.165) is 36.5 Å². The van der Waals surface area contributed by atoms with Gasteiger partial charge in [0.2, 0.25) is 5.91 Å². The Morgan fingerprint density at radius 2 is 2.00 bits per heavy atom. The molecule has 6 nitrogen and oxygen atoms in total. The Morgan fingerprint density at radius 1 is 1.23 bits per heavy atom. The summed E-state index contributed by atoms with van der Waals surface area (Å²) >= 11 is 0. The van der Waals surface area contributed by atoms with Gasteiger partial charge in [-0.25, -0.2) is 4.98 Å². The highest BCUT2D eigenvalue weighted by atomic mass is 16.2. The lowest BCUT2D eigenvalue weighted by molar-refractivity contribution is -0.125. The topological polar surface area (TPSA) is 67.4 Å². The van der Waals surface area contributed by atoms with Gasteiger partial charge in [0.1, 0.15) is 5.82 Å². The average molecular weight is 404 g/mol. The Labute approximate surface area is 177 Å². The molecular formula is C24H29N5O. The van der Waals surface area contributed by atoms with Crippen LogP contribution >= 0.6 is 0 Å². The molecule has 0 aliphatic carbocycles. The minimum absolute atomic E-state index is 0.0434.